The van der Waals surface area contributed by atoms with Crippen LogP contribution in [-0.4, -0.2) is 12.2 Å². The molecule has 0 atom stereocenters. The van der Waals surface area contributed by atoms with Crippen LogP contribution in [0.5, 0.6) is 0 Å². The highest BCUT2D eigenvalue weighted by molar-refractivity contribution is 9.10. The summed E-state index contributed by atoms with van der Waals surface area (Å²) in [6.07, 6.45) is 0. The van der Waals surface area contributed by atoms with Crippen molar-refractivity contribution in [3.8, 4) is 0 Å². The molecule has 0 unspecified atom stereocenters. The summed E-state index contributed by atoms with van der Waals surface area (Å²) < 4.78 is 14.1. The maximum Gasteiger partial charge on any atom is 0.170 e. The number of anilines is 1. The zero-order valence-electron chi connectivity index (χ0n) is 7.82. The molecule has 0 aliphatic heterocycles. The summed E-state index contributed by atoms with van der Waals surface area (Å²) in [4.78, 5) is 0. The molecule has 2 N–H and O–H groups in total. The molecule has 5 heteroatoms. The molecular weight excluding hydrogens is 267 g/mol. The zero-order valence-corrected chi connectivity index (χ0v) is 10.2. The van der Waals surface area contributed by atoms with Crippen LogP contribution >= 0.6 is 28.1 Å². The van der Waals surface area contributed by atoms with Crippen LogP contribution < -0.4 is 10.6 Å². The van der Waals surface area contributed by atoms with Gasteiger partial charge in [0, 0.05) is 11.5 Å². The van der Waals surface area contributed by atoms with Gasteiger partial charge in [-0.05, 0) is 36.8 Å². The highest BCUT2D eigenvalue weighted by atomic mass is 79.9. The first-order valence-electron chi connectivity index (χ1n) is 3.99. The molecule has 1 rings (SSSR count). The number of hydrogen-bond acceptors (Lipinski definition) is 1. The fraction of sp³-hybridized carbons (Fsp3) is 0.222. The van der Waals surface area contributed by atoms with E-state index < -0.39 is 0 Å². The Morgan fingerprint density at radius 2 is 2.14 bits per heavy atom. The topological polar surface area (TPSA) is 24.1 Å². The Hall–Kier alpha value is -0.680. The van der Waals surface area contributed by atoms with Crippen molar-refractivity contribution in [3.63, 3.8) is 0 Å². The molecule has 1 aromatic rings. The van der Waals surface area contributed by atoms with Gasteiger partial charge in [0.1, 0.15) is 5.82 Å². The van der Waals surface area contributed by atoms with E-state index in [1.54, 1.807) is 13.1 Å². The summed E-state index contributed by atoms with van der Waals surface area (Å²) in [6.45, 7) is 1.89. The summed E-state index contributed by atoms with van der Waals surface area (Å²) in [7, 11) is 1.68. The molecule has 0 bridgehead atoms. The number of hydrogen-bond donors (Lipinski definition) is 2. The first-order valence-corrected chi connectivity index (χ1v) is 5.19. The van der Waals surface area contributed by atoms with Crippen molar-refractivity contribution in [1.29, 1.82) is 0 Å². The Morgan fingerprint density at radius 3 is 2.71 bits per heavy atom. The van der Waals surface area contributed by atoms with Crippen molar-refractivity contribution in [1.82, 2.24) is 5.32 Å². The molecule has 0 radical (unpaired) electrons. The van der Waals surface area contributed by atoms with Crippen molar-refractivity contribution < 1.29 is 4.39 Å². The fourth-order valence-electron chi connectivity index (χ4n) is 0.938. The molecule has 0 aromatic heterocycles. The van der Waals surface area contributed by atoms with E-state index in [-0.39, 0.29) is 5.82 Å². The molecule has 0 amide bonds. The van der Waals surface area contributed by atoms with Crippen LogP contribution in [-0.2, 0) is 0 Å². The normalized spacial score (nSPS) is 9.71. The first-order chi connectivity index (χ1) is 6.54. The van der Waals surface area contributed by atoms with E-state index in [1.165, 1.54) is 6.07 Å². The third-order valence-electron chi connectivity index (χ3n) is 1.72. The smallest absolute Gasteiger partial charge is 0.170 e. The van der Waals surface area contributed by atoms with Crippen LogP contribution in [0.4, 0.5) is 10.1 Å². The van der Waals surface area contributed by atoms with Crippen LogP contribution in [0.1, 0.15) is 5.56 Å². The standard InChI is InChI=1S/C9H10BrFN2S/c1-5-3-8(13-9(14)12-2)7(11)4-6(5)10/h3-4H,1-2H3,(H2,12,13,14). The number of halogens is 2. The summed E-state index contributed by atoms with van der Waals surface area (Å²) >= 11 is 8.12. The maximum atomic E-state index is 13.3. The van der Waals surface area contributed by atoms with E-state index in [0.29, 0.717) is 10.8 Å². The van der Waals surface area contributed by atoms with E-state index in [1.807, 2.05) is 6.92 Å². The minimum atomic E-state index is -0.333. The van der Waals surface area contributed by atoms with Gasteiger partial charge < -0.3 is 10.6 Å². The SMILES string of the molecule is CNC(=S)Nc1cc(C)c(Br)cc1F. The second-order valence-electron chi connectivity index (χ2n) is 2.79. The largest absolute Gasteiger partial charge is 0.366 e. The summed E-state index contributed by atoms with van der Waals surface area (Å²) in [5, 5.41) is 5.86. The number of aryl methyl sites for hydroxylation is 1. The van der Waals surface area contributed by atoms with Gasteiger partial charge >= 0.3 is 0 Å². The van der Waals surface area contributed by atoms with E-state index >= 15 is 0 Å². The van der Waals surface area contributed by atoms with Gasteiger partial charge in [-0.3, -0.25) is 0 Å². The summed E-state index contributed by atoms with van der Waals surface area (Å²) in [5.41, 5.74) is 1.33. The second-order valence-corrected chi connectivity index (χ2v) is 4.05. The van der Waals surface area contributed by atoms with Gasteiger partial charge in [0.25, 0.3) is 0 Å². The van der Waals surface area contributed by atoms with Crippen molar-refractivity contribution in [2.75, 3.05) is 12.4 Å². The predicted molar refractivity (Wildman–Crippen MR) is 64.1 cm³/mol. The van der Waals surface area contributed by atoms with E-state index in [4.69, 9.17) is 12.2 Å². The molecule has 0 saturated carbocycles. The summed E-state index contributed by atoms with van der Waals surface area (Å²) in [6, 6.07) is 3.11. The fourth-order valence-corrected chi connectivity index (χ4v) is 1.36. The van der Waals surface area contributed by atoms with Crippen LogP contribution in [0.3, 0.4) is 0 Å². The minimum Gasteiger partial charge on any atom is -0.366 e. The van der Waals surface area contributed by atoms with Gasteiger partial charge in [0.05, 0.1) is 5.69 Å². The molecule has 14 heavy (non-hydrogen) atoms. The first kappa shape index (κ1) is 11.4. The molecule has 2 nitrogen and oxygen atoms in total. The number of rotatable bonds is 1. The van der Waals surface area contributed by atoms with Crippen molar-refractivity contribution >= 4 is 38.9 Å². The molecule has 76 valence electrons. The van der Waals surface area contributed by atoms with E-state index in [2.05, 4.69) is 26.6 Å². The lowest BCUT2D eigenvalue weighted by molar-refractivity contribution is 0.631. The van der Waals surface area contributed by atoms with Crippen LogP contribution in [0, 0.1) is 12.7 Å². The molecule has 1 aromatic carbocycles. The average Bonchev–Trinajstić information content (AvgIpc) is 2.14. The van der Waals surface area contributed by atoms with Crippen LogP contribution in [0.2, 0.25) is 0 Å². The third kappa shape index (κ3) is 2.65. The van der Waals surface area contributed by atoms with E-state index in [9.17, 15) is 4.39 Å². The molecule has 0 heterocycles. The van der Waals surface area contributed by atoms with Gasteiger partial charge in [-0.1, -0.05) is 15.9 Å². The van der Waals surface area contributed by atoms with Gasteiger partial charge in [-0.2, -0.15) is 0 Å². The predicted octanol–water partition coefficient (Wildman–Crippen LogP) is 2.81. The van der Waals surface area contributed by atoms with Crippen LogP contribution in [0.15, 0.2) is 16.6 Å². The molecule has 0 fully saturated rings. The van der Waals surface area contributed by atoms with Gasteiger partial charge in [-0.25, -0.2) is 4.39 Å². The van der Waals surface area contributed by atoms with Gasteiger partial charge in [0.2, 0.25) is 0 Å². The lowest BCUT2D eigenvalue weighted by Gasteiger charge is -2.09. The summed E-state index contributed by atoms with van der Waals surface area (Å²) in [5.74, 6) is -0.333. The van der Waals surface area contributed by atoms with Gasteiger partial charge in [-0.15, -0.1) is 0 Å². The highest BCUT2D eigenvalue weighted by Crippen LogP contribution is 2.23. The Balaban J connectivity index is 2.98. The Labute approximate surface area is 96.0 Å². The molecule has 0 aliphatic rings. The second kappa shape index (κ2) is 4.70. The molecular formula is C9H10BrFN2S. The lowest BCUT2D eigenvalue weighted by Crippen LogP contribution is -2.24. The zero-order chi connectivity index (χ0) is 10.7. The number of thiocarbonyl (C=S) groups is 1. The molecule has 0 saturated heterocycles. The average molecular weight is 277 g/mol. The highest BCUT2D eigenvalue weighted by Gasteiger charge is 2.06. The Kier molecular flexibility index (Phi) is 3.83. The Bertz CT molecular complexity index is 368. The number of nitrogens with one attached hydrogen (secondary N) is 2. The lowest BCUT2D eigenvalue weighted by atomic mass is 10.2. The maximum absolute atomic E-state index is 13.3. The third-order valence-corrected chi connectivity index (χ3v) is 2.88. The van der Waals surface area contributed by atoms with Crippen molar-refractivity contribution in [2.45, 2.75) is 6.92 Å². The van der Waals surface area contributed by atoms with E-state index in [0.717, 1.165) is 10.0 Å². The van der Waals surface area contributed by atoms with Crippen LogP contribution in [0.25, 0.3) is 0 Å². The number of benzene rings is 1. The minimum absolute atomic E-state index is 0.333. The molecule has 0 aliphatic carbocycles. The van der Waals surface area contributed by atoms with Crippen molar-refractivity contribution in [2.24, 2.45) is 0 Å². The molecule has 0 spiro atoms. The Morgan fingerprint density at radius 1 is 1.50 bits per heavy atom. The van der Waals surface area contributed by atoms with Gasteiger partial charge in [0.15, 0.2) is 5.11 Å². The monoisotopic (exact) mass is 276 g/mol. The van der Waals surface area contributed by atoms with Crippen molar-refractivity contribution in [3.05, 3.63) is 28.0 Å². The quantitative estimate of drug-likeness (QED) is 0.772.